The van der Waals surface area contributed by atoms with E-state index in [-0.39, 0.29) is 58.7 Å². The van der Waals surface area contributed by atoms with Crippen LogP contribution < -0.4 is 0 Å². The van der Waals surface area contributed by atoms with Gasteiger partial charge in [-0.05, 0) is 50.6 Å². The Labute approximate surface area is 259 Å². The summed E-state index contributed by atoms with van der Waals surface area (Å²) in [6.07, 6.45) is 19.8. The summed E-state index contributed by atoms with van der Waals surface area (Å²) in [7, 11) is -1.84. The first-order chi connectivity index (χ1) is 16.5. The Morgan fingerprint density at radius 1 is 0.842 bits per heavy atom. The molecular formula is C33H63O3SiZr. The predicted molar refractivity (Wildman–Crippen MR) is 165 cm³/mol. The van der Waals surface area contributed by atoms with Crippen molar-refractivity contribution in [1.29, 1.82) is 0 Å². The van der Waals surface area contributed by atoms with Crippen molar-refractivity contribution in [3.05, 3.63) is 39.2 Å². The molecule has 0 N–H and O–H groups in total. The van der Waals surface area contributed by atoms with Crippen LogP contribution in [-0.2, 0) is 40.1 Å². The molecule has 1 radical (unpaired) electrons. The van der Waals surface area contributed by atoms with Crippen LogP contribution in [0, 0.1) is 26.8 Å². The van der Waals surface area contributed by atoms with Crippen LogP contribution in [0.4, 0.5) is 0 Å². The van der Waals surface area contributed by atoms with Crippen LogP contribution in [0.3, 0.4) is 0 Å². The molecule has 0 aromatic carbocycles. The fourth-order valence-electron chi connectivity index (χ4n) is 6.45. The van der Waals surface area contributed by atoms with Crippen molar-refractivity contribution >= 4 is 8.32 Å². The molecule has 4 aliphatic rings. The maximum atomic E-state index is 7.03. The summed E-state index contributed by atoms with van der Waals surface area (Å²) in [6, 6.07) is 3.31. The smallest absolute Gasteiger partial charge is 0.515 e. The summed E-state index contributed by atoms with van der Waals surface area (Å²) in [5.74, 6) is -0.656. The molecule has 38 heavy (non-hydrogen) atoms. The third kappa shape index (κ3) is 9.78. The summed E-state index contributed by atoms with van der Waals surface area (Å²) in [4.78, 5) is 0. The van der Waals surface area contributed by atoms with Crippen molar-refractivity contribution in [3.8, 4) is 0 Å². The maximum Gasteiger partial charge on any atom is 3.00 e. The van der Waals surface area contributed by atoms with E-state index in [2.05, 4.69) is 61.5 Å². The quantitative estimate of drug-likeness (QED) is 0.167. The SMILES string of the molecule is C1CCCC1.C1CCCC1.[CH-]=CC1(O[Si](CC)(CC)CC)C(C)=CC2(CC1(C)C)OC(C)C(C)O2.[CH3-].[CH3-].[Zr+3]. The Morgan fingerprint density at radius 3 is 1.45 bits per heavy atom. The summed E-state index contributed by atoms with van der Waals surface area (Å²) in [5.41, 5.74) is 0.330. The molecule has 0 aromatic rings. The zero-order chi connectivity index (χ0) is 26.2. The van der Waals surface area contributed by atoms with Crippen LogP contribution in [0.5, 0.6) is 0 Å². The molecule has 4 rings (SSSR count). The van der Waals surface area contributed by atoms with Gasteiger partial charge in [0.15, 0.2) is 14.1 Å². The normalized spacial score (nSPS) is 31.3. The molecule has 3 nitrogen and oxygen atoms in total. The summed E-state index contributed by atoms with van der Waals surface area (Å²) < 4.78 is 19.5. The molecule has 0 amide bonds. The zero-order valence-electron chi connectivity index (χ0n) is 27.0. The number of ether oxygens (including phenoxy) is 2. The third-order valence-corrected chi connectivity index (χ3v) is 13.8. The van der Waals surface area contributed by atoms with E-state index in [9.17, 15) is 0 Å². The van der Waals surface area contributed by atoms with Gasteiger partial charge < -0.3 is 35.3 Å². The van der Waals surface area contributed by atoms with Crippen LogP contribution in [0.1, 0.15) is 126 Å². The van der Waals surface area contributed by atoms with Crippen molar-refractivity contribution in [1.82, 2.24) is 0 Å². The maximum absolute atomic E-state index is 7.03. The number of rotatable bonds is 6. The van der Waals surface area contributed by atoms with Gasteiger partial charge in [0.05, 0.1) is 17.8 Å². The van der Waals surface area contributed by atoms with Crippen LogP contribution >= 0.6 is 0 Å². The fourth-order valence-corrected chi connectivity index (χ4v) is 9.58. The van der Waals surface area contributed by atoms with E-state index in [0.717, 1.165) is 30.1 Å². The van der Waals surface area contributed by atoms with Crippen LogP contribution in [0.15, 0.2) is 17.7 Å². The Kier molecular flexibility index (Phi) is 19.3. The van der Waals surface area contributed by atoms with Crippen molar-refractivity contribution in [2.24, 2.45) is 5.41 Å². The standard InChI is InChI=1S/C21H37O3Si.2C5H10.2CH3.Zr/c1-10-21(24-25(11-2,12-3)13-4)16(5)14-20(15-19(21,8)9)22-17(6)18(7)23-20;2*1-2-4-5-3-1;;;/h1,10,14,17-18H,11-13,15H2,2-9H3;2*1-5H2;2*1H3;/q-1;;;2*-1;+3. The molecule has 0 bridgehead atoms. The van der Waals surface area contributed by atoms with Gasteiger partial charge in [-0.1, -0.05) is 98.8 Å². The second-order valence-corrected chi connectivity index (χ2v) is 16.8. The molecule has 5 heteroatoms. The van der Waals surface area contributed by atoms with E-state index in [0.29, 0.717) is 0 Å². The minimum atomic E-state index is -1.84. The van der Waals surface area contributed by atoms with Gasteiger partial charge in [0.2, 0.25) is 0 Å². The largest absolute Gasteiger partial charge is 3.00 e. The van der Waals surface area contributed by atoms with Crippen molar-refractivity contribution in [3.63, 3.8) is 0 Å². The summed E-state index contributed by atoms with van der Waals surface area (Å²) in [5, 5.41) is 0. The molecule has 2 saturated carbocycles. The van der Waals surface area contributed by atoms with Crippen molar-refractivity contribution in [2.75, 3.05) is 0 Å². The third-order valence-electron chi connectivity index (χ3n) is 9.19. The average Bonchev–Trinajstić information content (AvgIpc) is 3.61. The molecule has 1 heterocycles. The zero-order valence-corrected chi connectivity index (χ0v) is 30.5. The van der Waals surface area contributed by atoms with Gasteiger partial charge in [0, 0.05) is 11.8 Å². The first-order valence-corrected chi connectivity index (χ1v) is 17.4. The van der Waals surface area contributed by atoms with Gasteiger partial charge in [-0.25, -0.2) is 6.08 Å². The average molecular weight is 627 g/mol. The Bertz CT molecular complexity index is 636. The molecule has 3 aliphatic carbocycles. The molecule has 3 atom stereocenters. The number of hydrogen-bond donors (Lipinski definition) is 0. The van der Waals surface area contributed by atoms with Crippen LogP contribution in [-0.4, -0.2) is 31.9 Å². The Morgan fingerprint density at radius 2 is 1.18 bits per heavy atom. The Balaban J connectivity index is 0. The molecule has 221 valence electrons. The van der Waals surface area contributed by atoms with Gasteiger partial charge in [0.25, 0.3) is 0 Å². The molecule has 1 saturated heterocycles. The molecule has 0 aromatic heterocycles. The molecule has 3 fully saturated rings. The van der Waals surface area contributed by atoms with Crippen molar-refractivity contribution in [2.45, 2.75) is 168 Å². The van der Waals surface area contributed by atoms with E-state index < -0.39 is 19.7 Å². The second kappa shape index (κ2) is 18.1. The second-order valence-electron chi connectivity index (χ2n) is 12.1. The first-order valence-electron chi connectivity index (χ1n) is 14.9. The minimum absolute atomic E-state index is 0. The summed E-state index contributed by atoms with van der Waals surface area (Å²) in [6.45, 7) is 23.8. The van der Waals surface area contributed by atoms with Gasteiger partial charge in [-0.15, -0.1) is 0 Å². The van der Waals surface area contributed by atoms with E-state index >= 15 is 0 Å². The van der Waals surface area contributed by atoms with E-state index in [1.807, 2.05) is 0 Å². The first kappa shape index (κ1) is 40.6. The molecule has 1 aliphatic heterocycles. The molecule has 1 spiro atoms. The van der Waals surface area contributed by atoms with Gasteiger partial charge in [0.1, 0.15) is 0 Å². The van der Waals surface area contributed by atoms with E-state index in [1.54, 1.807) is 6.08 Å². The topological polar surface area (TPSA) is 27.7 Å². The predicted octanol–water partition coefficient (Wildman–Crippen LogP) is 10.4. The molecule has 3 unspecified atom stereocenters. The Hall–Kier alpha value is 0.460. The monoisotopic (exact) mass is 625 g/mol. The fraction of sp³-hybridized carbons (Fsp3) is 0.818. The number of hydrogen-bond acceptors (Lipinski definition) is 3. The van der Waals surface area contributed by atoms with E-state index in [4.69, 9.17) is 20.5 Å². The van der Waals surface area contributed by atoms with Gasteiger partial charge >= 0.3 is 26.2 Å². The van der Waals surface area contributed by atoms with Crippen LogP contribution in [0.25, 0.3) is 0 Å². The van der Waals surface area contributed by atoms with Crippen LogP contribution in [0.2, 0.25) is 18.1 Å². The van der Waals surface area contributed by atoms with Gasteiger partial charge in [-0.2, -0.15) is 0 Å². The molecular weight excluding hydrogens is 564 g/mol. The minimum Gasteiger partial charge on any atom is -0.515 e. The summed E-state index contributed by atoms with van der Waals surface area (Å²) >= 11 is 0. The van der Waals surface area contributed by atoms with E-state index in [1.165, 1.54) is 64.2 Å². The van der Waals surface area contributed by atoms with Crippen molar-refractivity contribution < 1.29 is 40.1 Å². The van der Waals surface area contributed by atoms with Gasteiger partial charge in [-0.3, -0.25) is 0 Å².